The number of rotatable bonds is 5. The zero-order chi connectivity index (χ0) is 13.1. The highest BCUT2D eigenvalue weighted by atomic mass is 16.4. The van der Waals surface area contributed by atoms with Crippen LogP contribution in [0.25, 0.3) is 0 Å². The summed E-state index contributed by atoms with van der Waals surface area (Å²) in [4.78, 5) is 13.4. The number of carboxylic acids is 1. The van der Waals surface area contributed by atoms with Crippen LogP contribution >= 0.6 is 0 Å². The highest BCUT2D eigenvalue weighted by Gasteiger charge is 2.33. The van der Waals surface area contributed by atoms with E-state index in [0.29, 0.717) is 6.42 Å². The maximum absolute atomic E-state index is 11.0. The van der Waals surface area contributed by atoms with E-state index in [1.165, 1.54) is 19.3 Å². The number of likely N-dealkylation sites (tertiary alicyclic amines) is 1. The molecule has 0 spiro atoms. The third kappa shape index (κ3) is 3.96. The molecule has 0 amide bonds. The Morgan fingerprint density at radius 3 is 2.82 bits per heavy atom. The summed E-state index contributed by atoms with van der Waals surface area (Å²) in [6.45, 7) is 8.09. The fourth-order valence-corrected chi connectivity index (χ4v) is 2.66. The Bertz CT molecular complexity index is 266. The van der Waals surface area contributed by atoms with Crippen LogP contribution in [0, 0.1) is 5.92 Å². The molecule has 1 aliphatic rings. The van der Waals surface area contributed by atoms with Crippen molar-refractivity contribution in [3.05, 3.63) is 0 Å². The molecule has 4 heteroatoms. The van der Waals surface area contributed by atoms with Gasteiger partial charge in [-0.2, -0.15) is 0 Å². The van der Waals surface area contributed by atoms with Crippen LogP contribution in [0.1, 0.15) is 46.5 Å². The Morgan fingerprint density at radius 2 is 2.29 bits per heavy atom. The first-order chi connectivity index (χ1) is 7.86. The number of hydrogen-bond acceptors (Lipinski definition) is 3. The lowest BCUT2D eigenvalue weighted by molar-refractivity contribution is -0.143. The molecule has 1 saturated heterocycles. The summed E-state index contributed by atoms with van der Waals surface area (Å²) in [5.41, 5.74) is 4.70. The van der Waals surface area contributed by atoms with E-state index < -0.39 is 11.5 Å². The molecule has 1 aliphatic heterocycles. The monoisotopic (exact) mass is 242 g/mol. The second-order valence-corrected chi connectivity index (χ2v) is 5.69. The van der Waals surface area contributed by atoms with Gasteiger partial charge in [0.25, 0.3) is 0 Å². The third-order valence-corrected chi connectivity index (χ3v) is 3.96. The molecule has 1 fully saturated rings. The van der Waals surface area contributed by atoms with Gasteiger partial charge < -0.3 is 15.7 Å². The molecule has 0 bridgehead atoms. The van der Waals surface area contributed by atoms with E-state index in [2.05, 4.69) is 18.7 Å². The van der Waals surface area contributed by atoms with Gasteiger partial charge >= 0.3 is 5.97 Å². The molecule has 0 aromatic carbocycles. The van der Waals surface area contributed by atoms with E-state index in [1.54, 1.807) is 6.92 Å². The number of aliphatic carboxylic acids is 1. The van der Waals surface area contributed by atoms with Crippen molar-refractivity contribution in [2.75, 3.05) is 13.1 Å². The number of nitrogens with two attached hydrogens (primary N) is 1. The second kappa shape index (κ2) is 5.83. The second-order valence-electron chi connectivity index (χ2n) is 5.69. The molecule has 100 valence electrons. The van der Waals surface area contributed by atoms with Crippen LogP contribution < -0.4 is 5.73 Å². The van der Waals surface area contributed by atoms with E-state index in [4.69, 9.17) is 10.8 Å². The maximum atomic E-state index is 11.0. The van der Waals surface area contributed by atoms with Crippen LogP contribution in [0.5, 0.6) is 0 Å². The Balaban J connectivity index is 2.52. The first-order valence-corrected chi connectivity index (χ1v) is 6.63. The Labute approximate surface area is 104 Å². The van der Waals surface area contributed by atoms with Gasteiger partial charge in [-0.3, -0.25) is 4.79 Å². The average molecular weight is 242 g/mol. The summed E-state index contributed by atoms with van der Waals surface area (Å²) >= 11 is 0. The van der Waals surface area contributed by atoms with Crippen molar-refractivity contribution >= 4 is 5.97 Å². The van der Waals surface area contributed by atoms with Crippen LogP contribution in [0.3, 0.4) is 0 Å². The molecule has 0 radical (unpaired) electrons. The molecular weight excluding hydrogens is 216 g/mol. The Morgan fingerprint density at radius 1 is 1.65 bits per heavy atom. The minimum absolute atomic E-state index is 0.246. The van der Waals surface area contributed by atoms with E-state index in [-0.39, 0.29) is 6.04 Å². The molecule has 4 nitrogen and oxygen atoms in total. The van der Waals surface area contributed by atoms with Gasteiger partial charge in [-0.1, -0.05) is 13.3 Å². The molecule has 3 N–H and O–H groups in total. The predicted octanol–water partition coefficient (Wildman–Crippen LogP) is 1.69. The third-order valence-electron chi connectivity index (χ3n) is 3.96. The Kier molecular flexibility index (Phi) is 4.95. The van der Waals surface area contributed by atoms with Gasteiger partial charge in [-0.05, 0) is 45.6 Å². The van der Waals surface area contributed by atoms with Crippen LogP contribution in [0.2, 0.25) is 0 Å². The van der Waals surface area contributed by atoms with Gasteiger partial charge in [0.2, 0.25) is 0 Å². The fourth-order valence-electron chi connectivity index (χ4n) is 2.66. The van der Waals surface area contributed by atoms with E-state index in [9.17, 15) is 4.79 Å². The SMILES string of the molecule is CCC1CCCN(C(C)CC(C)(N)C(=O)O)C1. The van der Waals surface area contributed by atoms with Crippen LogP contribution in [-0.4, -0.2) is 40.6 Å². The number of piperidine rings is 1. The van der Waals surface area contributed by atoms with Crippen LogP contribution in [-0.2, 0) is 4.79 Å². The predicted molar refractivity (Wildman–Crippen MR) is 68.9 cm³/mol. The summed E-state index contributed by atoms with van der Waals surface area (Å²) < 4.78 is 0. The summed E-state index contributed by atoms with van der Waals surface area (Å²) in [6.07, 6.45) is 4.25. The first kappa shape index (κ1) is 14.5. The minimum atomic E-state index is -1.11. The topological polar surface area (TPSA) is 66.6 Å². The van der Waals surface area contributed by atoms with Crippen molar-refractivity contribution in [2.24, 2.45) is 11.7 Å². The lowest BCUT2D eigenvalue weighted by Gasteiger charge is -2.38. The van der Waals surface area contributed by atoms with Gasteiger partial charge in [-0.15, -0.1) is 0 Å². The lowest BCUT2D eigenvalue weighted by Crippen LogP contribution is -2.51. The normalized spacial score (nSPS) is 27.4. The highest BCUT2D eigenvalue weighted by Crippen LogP contribution is 2.23. The van der Waals surface area contributed by atoms with Crippen molar-refractivity contribution in [3.63, 3.8) is 0 Å². The summed E-state index contributed by atoms with van der Waals surface area (Å²) in [5.74, 6) is -0.145. The summed E-state index contributed by atoms with van der Waals surface area (Å²) in [7, 11) is 0. The quantitative estimate of drug-likeness (QED) is 0.770. The van der Waals surface area contributed by atoms with Gasteiger partial charge in [-0.25, -0.2) is 0 Å². The minimum Gasteiger partial charge on any atom is -0.480 e. The standard InChI is InChI=1S/C13H26N2O2/c1-4-11-6-5-7-15(9-11)10(2)8-13(3,14)12(16)17/h10-11H,4-9,14H2,1-3H3,(H,16,17). The number of carbonyl (C=O) groups is 1. The van der Waals surface area contributed by atoms with Crippen LogP contribution in [0.15, 0.2) is 0 Å². The summed E-state index contributed by atoms with van der Waals surface area (Å²) in [5, 5.41) is 9.04. The number of hydrogen-bond donors (Lipinski definition) is 2. The summed E-state index contributed by atoms with van der Waals surface area (Å²) in [6, 6.07) is 0.246. The molecule has 3 atom stereocenters. The van der Waals surface area contributed by atoms with Crippen molar-refractivity contribution in [1.82, 2.24) is 4.90 Å². The van der Waals surface area contributed by atoms with Gasteiger partial charge in [0.15, 0.2) is 0 Å². The average Bonchev–Trinajstić information content (AvgIpc) is 2.28. The molecule has 0 saturated carbocycles. The smallest absolute Gasteiger partial charge is 0.323 e. The molecule has 1 heterocycles. The van der Waals surface area contributed by atoms with Gasteiger partial charge in [0, 0.05) is 12.6 Å². The molecule has 1 rings (SSSR count). The van der Waals surface area contributed by atoms with Gasteiger partial charge in [0.1, 0.15) is 5.54 Å². The van der Waals surface area contributed by atoms with E-state index >= 15 is 0 Å². The van der Waals surface area contributed by atoms with Crippen molar-refractivity contribution in [3.8, 4) is 0 Å². The molecule has 17 heavy (non-hydrogen) atoms. The van der Waals surface area contributed by atoms with E-state index in [1.807, 2.05) is 0 Å². The highest BCUT2D eigenvalue weighted by molar-refractivity contribution is 5.77. The number of nitrogens with zero attached hydrogens (tertiary/aromatic N) is 1. The van der Waals surface area contributed by atoms with Crippen molar-refractivity contribution in [2.45, 2.75) is 58.0 Å². The Hall–Kier alpha value is -0.610. The molecule has 0 aromatic heterocycles. The van der Waals surface area contributed by atoms with Crippen LogP contribution in [0.4, 0.5) is 0 Å². The van der Waals surface area contributed by atoms with Crippen molar-refractivity contribution < 1.29 is 9.90 Å². The molecule has 0 aliphatic carbocycles. The maximum Gasteiger partial charge on any atom is 0.323 e. The first-order valence-electron chi connectivity index (χ1n) is 6.63. The zero-order valence-corrected chi connectivity index (χ0v) is 11.3. The fraction of sp³-hybridized carbons (Fsp3) is 0.923. The zero-order valence-electron chi connectivity index (χ0n) is 11.3. The molecule has 0 aromatic rings. The lowest BCUT2D eigenvalue weighted by atomic mass is 9.90. The number of carboxylic acid groups (broad SMARTS) is 1. The largest absolute Gasteiger partial charge is 0.480 e. The van der Waals surface area contributed by atoms with E-state index in [0.717, 1.165) is 19.0 Å². The van der Waals surface area contributed by atoms with Crippen molar-refractivity contribution in [1.29, 1.82) is 0 Å². The van der Waals surface area contributed by atoms with Gasteiger partial charge in [0.05, 0.1) is 0 Å². The molecule has 3 unspecified atom stereocenters. The molecular formula is C13H26N2O2.